The molecule has 2 heterocycles. The van der Waals surface area contributed by atoms with Crippen LogP contribution in [-0.4, -0.2) is 30.4 Å². The number of aldehydes is 1. The van der Waals surface area contributed by atoms with Crippen molar-refractivity contribution in [3.05, 3.63) is 40.1 Å². The monoisotopic (exact) mass is 330 g/mol. The largest absolute Gasteiger partial charge is 0.508 e. The number of rotatable bonds is 5. The summed E-state index contributed by atoms with van der Waals surface area (Å²) in [5, 5.41) is 12.3. The first-order chi connectivity index (χ1) is 11.2. The van der Waals surface area contributed by atoms with E-state index in [4.69, 9.17) is 4.74 Å². The lowest BCUT2D eigenvalue weighted by atomic mass is 10.0. The van der Waals surface area contributed by atoms with Gasteiger partial charge in [-0.05, 0) is 43.7 Å². The Morgan fingerprint density at radius 1 is 1.39 bits per heavy atom. The Labute approximate surface area is 138 Å². The van der Waals surface area contributed by atoms with Crippen molar-refractivity contribution in [2.75, 3.05) is 11.9 Å². The van der Waals surface area contributed by atoms with Crippen LogP contribution in [0.1, 0.15) is 33.8 Å². The van der Waals surface area contributed by atoms with E-state index in [0.717, 1.165) is 29.9 Å². The fourth-order valence-electron chi connectivity index (χ4n) is 2.62. The molecule has 0 aliphatic carbocycles. The van der Waals surface area contributed by atoms with Gasteiger partial charge in [-0.3, -0.25) is 4.79 Å². The summed E-state index contributed by atoms with van der Waals surface area (Å²) in [7, 11) is 0. The summed E-state index contributed by atoms with van der Waals surface area (Å²) in [6.07, 6.45) is 3.57. The van der Waals surface area contributed by atoms with E-state index in [-0.39, 0.29) is 11.9 Å². The number of hydrogen-bond donors (Lipinski definition) is 2. The SMILES string of the molecule is CC1OCCC1c1cc(/N=C\Nc2ccc(O)cc2)c(C=O)s1. The maximum Gasteiger partial charge on any atom is 0.162 e. The smallest absolute Gasteiger partial charge is 0.162 e. The minimum absolute atomic E-state index is 0.181. The number of ether oxygens (including phenoxy) is 1. The Morgan fingerprint density at radius 2 is 2.17 bits per heavy atom. The van der Waals surface area contributed by atoms with Crippen LogP contribution < -0.4 is 5.32 Å². The normalized spacial score (nSPS) is 20.9. The first-order valence-corrected chi connectivity index (χ1v) is 8.27. The van der Waals surface area contributed by atoms with E-state index in [1.807, 2.05) is 6.07 Å². The molecule has 2 aromatic rings. The highest BCUT2D eigenvalue weighted by molar-refractivity contribution is 7.14. The van der Waals surface area contributed by atoms with E-state index in [1.165, 1.54) is 11.3 Å². The van der Waals surface area contributed by atoms with Crippen molar-refractivity contribution < 1.29 is 14.6 Å². The second-order valence-electron chi connectivity index (χ2n) is 5.44. The summed E-state index contributed by atoms with van der Waals surface area (Å²) in [5.74, 6) is 0.554. The van der Waals surface area contributed by atoms with Gasteiger partial charge >= 0.3 is 0 Å². The number of nitrogens with zero attached hydrogens (tertiary/aromatic N) is 1. The van der Waals surface area contributed by atoms with Crippen LogP contribution in [0.25, 0.3) is 0 Å². The van der Waals surface area contributed by atoms with Gasteiger partial charge in [0.2, 0.25) is 0 Å². The molecule has 0 amide bonds. The molecule has 1 fully saturated rings. The zero-order valence-electron chi connectivity index (χ0n) is 12.7. The molecule has 5 nitrogen and oxygen atoms in total. The third-order valence-electron chi connectivity index (χ3n) is 3.91. The van der Waals surface area contributed by atoms with Crippen LogP contribution in [0, 0.1) is 0 Å². The predicted octanol–water partition coefficient (Wildman–Crippen LogP) is 3.93. The van der Waals surface area contributed by atoms with Crippen LogP contribution in [0.15, 0.2) is 35.3 Å². The number of hydrogen-bond acceptors (Lipinski definition) is 5. The summed E-state index contributed by atoms with van der Waals surface area (Å²) in [4.78, 5) is 17.4. The summed E-state index contributed by atoms with van der Waals surface area (Å²) in [5.41, 5.74) is 1.48. The predicted molar refractivity (Wildman–Crippen MR) is 92.4 cm³/mol. The molecule has 1 aliphatic heterocycles. The molecule has 23 heavy (non-hydrogen) atoms. The van der Waals surface area contributed by atoms with Gasteiger partial charge in [0.05, 0.1) is 23.0 Å². The van der Waals surface area contributed by atoms with Crippen LogP contribution in [-0.2, 0) is 4.74 Å². The van der Waals surface area contributed by atoms with E-state index in [2.05, 4.69) is 17.2 Å². The second-order valence-corrected chi connectivity index (χ2v) is 6.55. The Kier molecular flexibility index (Phi) is 4.73. The lowest BCUT2D eigenvalue weighted by molar-refractivity contribution is 0.112. The lowest BCUT2D eigenvalue weighted by Gasteiger charge is -2.10. The number of anilines is 1. The number of aliphatic imine (C=N–C) groups is 1. The molecule has 1 aliphatic rings. The van der Waals surface area contributed by atoms with Crippen molar-refractivity contribution in [3.63, 3.8) is 0 Å². The van der Waals surface area contributed by atoms with Gasteiger partial charge in [0.25, 0.3) is 0 Å². The molecule has 2 N–H and O–H groups in total. The topological polar surface area (TPSA) is 70.9 Å². The molecule has 6 heteroatoms. The zero-order chi connectivity index (χ0) is 16.2. The molecule has 1 saturated heterocycles. The van der Waals surface area contributed by atoms with Gasteiger partial charge in [-0.1, -0.05) is 0 Å². The van der Waals surface area contributed by atoms with E-state index >= 15 is 0 Å². The lowest BCUT2D eigenvalue weighted by Crippen LogP contribution is -2.07. The Morgan fingerprint density at radius 3 is 2.83 bits per heavy atom. The first kappa shape index (κ1) is 15.7. The van der Waals surface area contributed by atoms with Gasteiger partial charge in [-0.25, -0.2) is 4.99 Å². The minimum atomic E-state index is 0.181. The quantitative estimate of drug-likeness (QED) is 0.377. The van der Waals surface area contributed by atoms with Crippen molar-refractivity contribution in [1.82, 2.24) is 0 Å². The molecule has 2 atom stereocenters. The van der Waals surface area contributed by atoms with Gasteiger partial charge in [-0.2, -0.15) is 0 Å². The van der Waals surface area contributed by atoms with Crippen molar-refractivity contribution in [3.8, 4) is 5.75 Å². The molecule has 0 spiro atoms. The molecule has 120 valence electrons. The van der Waals surface area contributed by atoms with E-state index in [9.17, 15) is 9.90 Å². The van der Waals surface area contributed by atoms with Crippen LogP contribution >= 0.6 is 11.3 Å². The van der Waals surface area contributed by atoms with Crippen LogP contribution in [0.2, 0.25) is 0 Å². The van der Waals surface area contributed by atoms with Gasteiger partial charge in [0.15, 0.2) is 6.29 Å². The van der Waals surface area contributed by atoms with Crippen molar-refractivity contribution in [1.29, 1.82) is 0 Å². The molecule has 2 unspecified atom stereocenters. The number of carbonyl (C=O) groups excluding carboxylic acids is 1. The fourth-order valence-corrected chi connectivity index (χ4v) is 3.77. The molecule has 0 bridgehead atoms. The van der Waals surface area contributed by atoms with Crippen molar-refractivity contribution in [2.24, 2.45) is 4.99 Å². The van der Waals surface area contributed by atoms with Crippen LogP contribution in [0.3, 0.4) is 0 Å². The highest BCUT2D eigenvalue weighted by Crippen LogP contribution is 2.39. The number of aromatic hydroxyl groups is 1. The van der Waals surface area contributed by atoms with Gasteiger partial charge < -0.3 is 15.2 Å². The van der Waals surface area contributed by atoms with E-state index in [1.54, 1.807) is 30.6 Å². The Balaban J connectivity index is 1.73. The molecular weight excluding hydrogens is 312 g/mol. The number of benzene rings is 1. The molecule has 1 aromatic heterocycles. The minimum Gasteiger partial charge on any atom is -0.508 e. The summed E-state index contributed by atoms with van der Waals surface area (Å²) >= 11 is 1.49. The van der Waals surface area contributed by atoms with Crippen molar-refractivity contribution >= 4 is 35.3 Å². The van der Waals surface area contributed by atoms with Gasteiger partial charge in [-0.15, -0.1) is 11.3 Å². The number of carbonyl (C=O) groups is 1. The zero-order valence-corrected chi connectivity index (χ0v) is 13.5. The highest BCUT2D eigenvalue weighted by atomic mass is 32.1. The van der Waals surface area contributed by atoms with Crippen molar-refractivity contribution in [2.45, 2.75) is 25.4 Å². The van der Waals surface area contributed by atoms with E-state index < -0.39 is 0 Å². The third-order valence-corrected chi connectivity index (χ3v) is 5.09. The number of phenols is 1. The molecule has 1 aromatic carbocycles. The first-order valence-electron chi connectivity index (χ1n) is 7.46. The molecule has 3 rings (SSSR count). The van der Waals surface area contributed by atoms with E-state index in [0.29, 0.717) is 16.5 Å². The maximum atomic E-state index is 11.3. The summed E-state index contributed by atoms with van der Waals surface area (Å²) in [6.45, 7) is 2.83. The third kappa shape index (κ3) is 3.60. The Hall–Kier alpha value is -2.18. The fraction of sp³-hybridized carbons (Fsp3) is 0.294. The molecular formula is C17H18N2O3S. The van der Waals surface area contributed by atoms with Crippen LogP contribution in [0.4, 0.5) is 11.4 Å². The summed E-state index contributed by atoms with van der Waals surface area (Å²) in [6, 6.07) is 8.66. The number of thiophene rings is 1. The molecule has 0 radical (unpaired) electrons. The number of nitrogens with one attached hydrogen (secondary N) is 1. The average Bonchev–Trinajstić information content (AvgIpc) is 3.15. The number of phenolic OH excluding ortho intramolecular Hbond substituents is 1. The molecule has 0 saturated carbocycles. The standard InChI is InChI=1S/C17H18N2O3S/c1-11-14(6-7-22-11)16-8-15(17(9-20)23-16)19-10-18-12-2-4-13(21)5-3-12/h2-5,8-11,14,21H,6-7H2,1H3,(H,18,19). The summed E-state index contributed by atoms with van der Waals surface area (Å²) < 4.78 is 5.60. The van der Waals surface area contributed by atoms with Gasteiger partial charge in [0.1, 0.15) is 5.75 Å². The maximum absolute atomic E-state index is 11.3. The second kappa shape index (κ2) is 6.93. The average molecular weight is 330 g/mol. The Bertz CT molecular complexity index is 709. The van der Waals surface area contributed by atoms with Gasteiger partial charge in [0, 0.05) is 23.1 Å². The highest BCUT2D eigenvalue weighted by Gasteiger charge is 2.28. The van der Waals surface area contributed by atoms with Crippen LogP contribution in [0.5, 0.6) is 5.75 Å².